The molecule has 1 aromatic carbocycles. The van der Waals surface area contributed by atoms with Crippen LogP contribution in [-0.2, 0) is 6.54 Å². The quantitative estimate of drug-likeness (QED) is 0.664. The lowest BCUT2D eigenvalue weighted by Crippen LogP contribution is -2.17. The smallest absolute Gasteiger partial charge is 0.119 e. The molecule has 0 saturated carbocycles. The number of fused-ring (bicyclic) bond motifs is 1. The van der Waals surface area contributed by atoms with Crippen molar-refractivity contribution in [1.29, 1.82) is 0 Å². The summed E-state index contributed by atoms with van der Waals surface area (Å²) >= 11 is 0. The lowest BCUT2D eigenvalue weighted by Gasteiger charge is -2.23. The summed E-state index contributed by atoms with van der Waals surface area (Å²) in [4.78, 5) is 4.74. The molecule has 4 nitrogen and oxygen atoms in total. The first-order valence-corrected chi connectivity index (χ1v) is 9.10. The Bertz CT molecular complexity index is 954. The number of aryl methyl sites for hydroxylation is 1. The van der Waals surface area contributed by atoms with E-state index in [2.05, 4.69) is 37.6 Å². The van der Waals surface area contributed by atoms with Gasteiger partial charge in [0.25, 0.3) is 0 Å². The Kier molecular flexibility index (Phi) is 3.87. The van der Waals surface area contributed by atoms with Gasteiger partial charge in [0.2, 0.25) is 0 Å². The van der Waals surface area contributed by atoms with Gasteiger partial charge in [-0.05, 0) is 42.2 Å². The van der Waals surface area contributed by atoms with Gasteiger partial charge in [-0.15, -0.1) is 0 Å². The Labute approximate surface area is 154 Å². The van der Waals surface area contributed by atoms with Gasteiger partial charge in [0.1, 0.15) is 11.4 Å². The SMILES string of the molecule is COc1ccc(-c2c(-c3cccc(C)n3)nn3c2C(C)C(C)(C)C3)cc1. The number of ether oxygens (including phenoxy) is 1. The largest absolute Gasteiger partial charge is 0.497 e. The van der Waals surface area contributed by atoms with Gasteiger partial charge in [-0.3, -0.25) is 9.67 Å². The summed E-state index contributed by atoms with van der Waals surface area (Å²) in [5.74, 6) is 1.28. The van der Waals surface area contributed by atoms with Gasteiger partial charge >= 0.3 is 0 Å². The summed E-state index contributed by atoms with van der Waals surface area (Å²) in [7, 11) is 1.69. The minimum absolute atomic E-state index is 0.197. The van der Waals surface area contributed by atoms with Crippen LogP contribution in [0.4, 0.5) is 0 Å². The highest BCUT2D eigenvalue weighted by Gasteiger charge is 2.40. The first-order valence-electron chi connectivity index (χ1n) is 9.10. The Morgan fingerprint density at radius 3 is 2.50 bits per heavy atom. The van der Waals surface area contributed by atoms with Crippen molar-refractivity contribution in [2.45, 2.75) is 40.2 Å². The first-order chi connectivity index (χ1) is 12.4. The Balaban J connectivity index is 1.95. The number of hydrogen-bond acceptors (Lipinski definition) is 3. The van der Waals surface area contributed by atoms with Gasteiger partial charge in [-0.1, -0.05) is 39.0 Å². The fourth-order valence-electron chi connectivity index (χ4n) is 3.83. The third-order valence-corrected chi connectivity index (χ3v) is 5.64. The van der Waals surface area contributed by atoms with Crippen LogP contribution in [0.5, 0.6) is 5.75 Å². The van der Waals surface area contributed by atoms with Crippen molar-refractivity contribution in [3.63, 3.8) is 0 Å². The Hall–Kier alpha value is -2.62. The van der Waals surface area contributed by atoms with E-state index in [1.807, 2.05) is 37.3 Å². The Morgan fingerprint density at radius 1 is 1.12 bits per heavy atom. The maximum atomic E-state index is 5.33. The van der Waals surface area contributed by atoms with E-state index in [1.54, 1.807) is 7.11 Å². The van der Waals surface area contributed by atoms with E-state index in [0.29, 0.717) is 5.92 Å². The highest BCUT2D eigenvalue weighted by atomic mass is 16.5. The third-order valence-electron chi connectivity index (χ3n) is 5.64. The first kappa shape index (κ1) is 16.8. The molecule has 1 aliphatic rings. The van der Waals surface area contributed by atoms with Crippen molar-refractivity contribution in [3.8, 4) is 28.3 Å². The molecule has 0 N–H and O–H groups in total. The summed E-state index contributed by atoms with van der Waals surface area (Å²) in [6, 6.07) is 14.4. The number of methoxy groups -OCH3 is 1. The molecule has 4 heteroatoms. The number of aromatic nitrogens is 3. The third kappa shape index (κ3) is 2.61. The normalized spacial score (nSPS) is 18.0. The van der Waals surface area contributed by atoms with Crippen LogP contribution in [0.2, 0.25) is 0 Å². The zero-order valence-electron chi connectivity index (χ0n) is 16.1. The molecular formula is C22H25N3O. The van der Waals surface area contributed by atoms with E-state index in [1.165, 1.54) is 11.3 Å². The van der Waals surface area contributed by atoms with E-state index >= 15 is 0 Å². The van der Waals surface area contributed by atoms with Crippen LogP contribution in [-0.4, -0.2) is 21.9 Å². The minimum Gasteiger partial charge on any atom is -0.497 e. The van der Waals surface area contributed by atoms with Crippen molar-refractivity contribution in [3.05, 3.63) is 53.9 Å². The molecule has 3 heterocycles. The molecule has 1 unspecified atom stereocenters. The molecular weight excluding hydrogens is 322 g/mol. The molecule has 0 fully saturated rings. The number of hydrogen-bond donors (Lipinski definition) is 0. The summed E-state index contributed by atoms with van der Waals surface area (Å²) in [6.45, 7) is 9.88. The zero-order valence-corrected chi connectivity index (χ0v) is 16.1. The van der Waals surface area contributed by atoms with Crippen molar-refractivity contribution in [2.24, 2.45) is 5.41 Å². The summed E-state index contributed by atoms with van der Waals surface area (Å²) in [5, 5.41) is 4.99. The van der Waals surface area contributed by atoms with Gasteiger partial charge in [0.05, 0.1) is 18.5 Å². The van der Waals surface area contributed by atoms with Gasteiger partial charge < -0.3 is 4.74 Å². The molecule has 1 atom stereocenters. The fraction of sp³-hybridized carbons (Fsp3) is 0.364. The van der Waals surface area contributed by atoms with Crippen LogP contribution in [0.25, 0.3) is 22.5 Å². The monoisotopic (exact) mass is 347 g/mol. The molecule has 2 aromatic heterocycles. The minimum atomic E-state index is 0.197. The molecule has 0 radical (unpaired) electrons. The Morgan fingerprint density at radius 2 is 1.85 bits per heavy atom. The van der Waals surface area contributed by atoms with Crippen molar-refractivity contribution >= 4 is 0 Å². The molecule has 0 saturated heterocycles. The summed E-state index contributed by atoms with van der Waals surface area (Å²) in [5.41, 5.74) is 6.77. The molecule has 0 spiro atoms. The summed E-state index contributed by atoms with van der Waals surface area (Å²) in [6.07, 6.45) is 0. The maximum Gasteiger partial charge on any atom is 0.119 e. The summed E-state index contributed by atoms with van der Waals surface area (Å²) < 4.78 is 7.51. The lowest BCUT2D eigenvalue weighted by atomic mass is 9.79. The van der Waals surface area contributed by atoms with E-state index < -0.39 is 0 Å². The van der Waals surface area contributed by atoms with Crippen LogP contribution in [0.3, 0.4) is 0 Å². The fourth-order valence-corrected chi connectivity index (χ4v) is 3.83. The second-order valence-corrected chi connectivity index (χ2v) is 7.87. The van der Waals surface area contributed by atoms with Crippen LogP contribution in [0.1, 0.15) is 38.1 Å². The second kappa shape index (κ2) is 5.97. The standard InChI is InChI=1S/C22H25N3O/c1-14-7-6-8-18(23-14)20-19(16-9-11-17(26-5)12-10-16)21-15(2)22(3,4)13-25(21)24-20/h6-12,15H,13H2,1-5H3. The predicted octanol–water partition coefficient (Wildman–Crippen LogP) is 5.07. The second-order valence-electron chi connectivity index (χ2n) is 7.87. The molecule has 26 heavy (non-hydrogen) atoms. The van der Waals surface area contributed by atoms with Crippen LogP contribution < -0.4 is 4.74 Å². The lowest BCUT2D eigenvalue weighted by molar-refractivity contribution is 0.301. The molecule has 4 rings (SSSR count). The van der Waals surface area contributed by atoms with E-state index in [-0.39, 0.29) is 5.41 Å². The van der Waals surface area contributed by atoms with Gasteiger partial charge in [0.15, 0.2) is 0 Å². The molecule has 3 aromatic rings. The number of pyridine rings is 1. The average molecular weight is 347 g/mol. The molecule has 0 amide bonds. The van der Waals surface area contributed by atoms with Gasteiger partial charge in [-0.2, -0.15) is 5.10 Å². The van der Waals surface area contributed by atoms with Crippen LogP contribution in [0.15, 0.2) is 42.5 Å². The van der Waals surface area contributed by atoms with Crippen molar-refractivity contribution < 1.29 is 4.74 Å². The molecule has 0 aliphatic carbocycles. The van der Waals surface area contributed by atoms with Crippen LogP contribution in [0, 0.1) is 12.3 Å². The highest BCUT2D eigenvalue weighted by Crippen LogP contribution is 2.49. The zero-order chi connectivity index (χ0) is 18.5. The van der Waals surface area contributed by atoms with Gasteiger partial charge in [0, 0.05) is 23.7 Å². The van der Waals surface area contributed by atoms with E-state index in [0.717, 1.165) is 34.9 Å². The van der Waals surface area contributed by atoms with Crippen molar-refractivity contribution in [2.75, 3.05) is 7.11 Å². The molecule has 134 valence electrons. The maximum absolute atomic E-state index is 5.33. The number of rotatable bonds is 3. The van der Waals surface area contributed by atoms with Crippen LogP contribution >= 0.6 is 0 Å². The van der Waals surface area contributed by atoms with Gasteiger partial charge in [-0.25, -0.2) is 0 Å². The average Bonchev–Trinajstić information content (AvgIpc) is 3.09. The number of benzene rings is 1. The van der Waals surface area contributed by atoms with E-state index in [9.17, 15) is 0 Å². The highest BCUT2D eigenvalue weighted by molar-refractivity contribution is 5.82. The molecule has 1 aliphatic heterocycles. The predicted molar refractivity (Wildman–Crippen MR) is 104 cm³/mol. The topological polar surface area (TPSA) is 39.9 Å². The van der Waals surface area contributed by atoms with Crippen molar-refractivity contribution in [1.82, 2.24) is 14.8 Å². The molecule has 0 bridgehead atoms. The van der Waals surface area contributed by atoms with E-state index in [4.69, 9.17) is 14.8 Å². The number of nitrogens with zero attached hydrogens (tertiary/aromatic N) is 3.